The minimum atomic E-state index is -4.56. The molecule has 0 aliphatic carbocycles. The Morgan fingerprint density at radius 2 is 1.76 bits per heavy atom. The molecule has 0 saturated heterocycles. The van der Waals surface area contributed by atoms with E-state index in [1.165, 1.54) is 7.05 Å². The van der Waals surface area contributed by atoms with E-state index in [9.17, 15) is 22.0 Å². The van der Waals surface area contributed by atoms with E-state index in [0.29, 0.717) is 17.5 Å². The highest BCUT2D eigenvalue weighted by atomic mass is 32.2. The average Bonchev–Trinajstić information content (AvgIpc) is 2.57. The Kier molecular flexibility index (Phi) is 4.17. The van der Waals surface area contributed by atoms with Crippen LogP contribution in [0.15, 0.2) is 56.6 Å². The first kappa shape index (κ1) is 16.9. The third kappa shape index (κ3) is 3.05. The summed E-state index contributed by atoms with van der Waals surface area (Å²) in [4.78, 5) is 11.3. The lowest BCUT2D eigenvalue weighted by atomic mass is 10.2. The number of sulfonamides is 1. The molecular weight excluding hydrogens is 354 g/mol. The van der Waals surface area contributed by atoms with E-state index in [1.54, 1.807) is 24.3 Å². The molecule has 0 amide bonds. The number of hydrogen-bond donors (Lipinski definition) is 2. The molecule has 25 heavy (non-hydrogen) atoms. The SMILES string of the molecule is CNc1c(NS(=O)(=O)c2cc(F)ccc2F)c(=O)oc2ccccc12. The Hall–Kier alpha value is -2.94. The zero-order valence-electron chi connectivity index (χ0n) is 12.8. The molecule has 1 aromatic heterocycles. The van der Waals surface area contributed by atoms with Gasteiger partial charge in [0.2, 0.25) is 0 Å². The van der Waals surface area contributed by atoms with Gasteiger partial charge < -0.3 is 9.73 Å². The summed E-state index contributed by atoms with van der Waals surface area (Å²) in [6, 6.07) is 8.49. The molecule has 3 rings (SSSR count). The summed E-state index contributed by atoms with van der Waals surface area (Å²) < 4.78 is 59.0. The lowest BCUT2D eigenvalue weighted by molar-refractivity contribution is 0.553. The molecule has 3 aromatic rings. The quantitative estimate of drug-likeness (QED) is 0.693. The number of anilines is 2. The van der Waals surface area contributed by atoms with Crippen LogP contribution >= 0.6 is 0 Å². The summed E-state index contributed by atoms with van der Waals surface area (Å²) in [5, 5.41) is 3.17. The summed E-state index contributed by atoms with van der Waals surface area (Å²) in [5.74, 6) is -2.08. The van der Waals surface area contributed by atoms with Crippen molar-refractivity contribution in [2.45, 2.75) is 4.90 Å². The number of hydrogen-bond acceptors (Lipinski definition) is 5. The number of nitrogens with one attached hydrogen (secondary N) is 2. The smallest absolute Gasteiger partial charge is 0.363 e. The molecule has 2 aromatic carbocycles. The fourth-order valence-electron chi connectivity index (χ4n) is 2.37. The van der Waals surface area contributed by atoms with Crippen LogP contribution in [0, 0.1) is 11.6 Å². The van der Waals surface area contributed by atoms with Gasteiger partial charge in [0.1, 0.15) is 22.1 Å². The minimum absolute atomic E-state index is 0.159. The normalized spacial score (nSPS) is 11.5. The van der Waals surface area contributed by atoms with Gasteiger partial charge in [0.05, 0.1) is 5.69 Å². The number of halogens is 2. The number of para-hydroxylation sites is 1. The first-order valence-corrected chi connectivity index (χ1v) is 8.53. The molecule has 0 saturated carbocycles. The summed E-state index contributed by atoms with van der Waals surface area (Å²) in [5.41, 5.74) is -0.989. The van der Waals surface area contributed by atoms with Gasteiger partial charge in [-0.3, -0.25) is 4.72 Å². The zero-order valence-corrected chi connectivity index (χ0v) is 13.7. The first-order valence-electron chi connectivity index (χ1n) is 7.05. The molecule has 6 nitrogen and oxygen atoms in total. The molecule has 0 aliphatic rings. The summed E-state index contributed by atoms with van der Waals surface area (Å²) in [6.07, 6.45) is 0. The summed E-state index contributed by atoms with van der Waals surface area (Å²) in [6.45, 7) is 0. The van der Waals surface area contributed by atoms with Crippen molar-refractivity contribution in [2.24, 2.45) is 0 Å². The Morgan fingerprint density at radius 3 is 2.48 bits per heavy atom. The van der Waals surface area contributed by atoms with Crippen molar-refractivity contribution in [3.8, 4) is 0 Å². The molecule has 0 atom stereocenters. The first-order chi connectivity index (χ1) is 11.8. The standard InChI is InChI=1S/C16H12F2N2O4S/c1-19-14-10-4-2-3-5-12(10)24-16(21)15(14)20-25(22,23)13-8-9(17)6-7-11(13)18/h2-8,19-20H,1H3. The fourth-order valence-corrected chi connectivity index (χ4v) is 3.53. The predicted molar refractivity (Wildman–Crippen MR) is 89.2 cm³/mol. The van der Waals surface area contributed by atoms with Crippen molar-refractivity contribution in [2.75, 3.05) is 17.1 Å². The van der Waals surface area contributed by atoms with Gasteiger partial charge in [-0.1, -0.05) is 12.1 Å². The van der Waals surface area contributed by atoms with Crippen molar-refractivity contribution >= 4 is 32.4 Å². The molecule has 0 unspecified atom stereocenters. The van der Waals surface area contributed by atoms with Gasteiger partial charge in [-0.2, -0.15) is 0 Å². The summed E-state index contributed by atoms with van der Waals surface area (Å²) >= 11 is 0. The van der Waals surface area contributed by atoms with Crippen molar-refractivity contribution in [1.29, 1.82) is 0 Å². The van der Waals surface area contributed by atoms with E-state index in [1.807, 2.05) is 4.72 Å². The van der Waals surface area contributed by atoms with E-state index in [2.05, 4.69) is 5.32 Å². The molecular formula is C16H12F2N2O4S. The minimum Gasteiger partial charge on any atom is -0.421 e. The van der Waals surface area contributed by atoms with E-state index in [4.69, 9.17) is 4.42 Å². The van der Waals surface area contributed by atoms with Crippen molar-refractivity contribution in [1.82, 2.24) is 0 Å². The molecule has 0 bridgehead atoms. The topological polar surface area (TPSA) is 88.4 Å². The molecule has 130 valence electrons. The van der Waals surface area contributed by atoms with Crippen LogP contribution in [0.1, 0.15) is 0 Å². The number of benzene rings is 2. The maximum absolute atomic E-state index is 13.8. The lowest BCUT2D eigenvalue weighted by Crippen LogP contribution is -2.21. The van der Waals surface area contributed by atoms with Crippen molar-refractivity contribution in [3.05, 3.63) is 64.5 Å². The monoisotopic (exact) mass is 366 g/mol. The third-order valence-electron chi connectivity index (χ3n) is 3.48. The molecule has 0 aliphatic heterocycles. The van der Waals surface area contributed by atoms with Crippen LogP contribution in [-0.4, -0.2) is 15.5 Å². The van der Waals surface area contributed by atoms with Gasteiger partial charge >= 0.3 is 5.63 Å². The molecule has 9 heteroatoms. The van der Waals surface area contributed by atoms with E-state index >= 15 is 0 Å². The predicted octanol–water partition coefficient (Wildman–Crippen LogP) is 2.91. The van der Waals surface area contributed by atoms with Crippen LogP contribution in [0.4, 0.5) is 20.2 Å². The van der Waals surface area contributed by atoms with Gasteiger partial charge in [0.15, 0.2) is 5.69 Å². The van der Waals surface area contributed by atoms with Gasteiger partial charge in [-0.05, 0) is 30.3 Å². The highest BCUT2D eigenvalue weighted by molar-refractivity contribution is 7.92. The Labute approximate surface area is 141 Å². The van der Waals surface area contributed by atoms with Crippen LogP contribution < -0.4 is 15.7 Å². The van der Waals surface area contributed by atoms with E-state index in [-0.39, 0.29) is 11.3 Å². The van der Waals surface area contributed by atoms with Gasteiger partial charge in [0.25, 0.3) is 10.0 Å². The third-order valence-corrected chi connectivity index (χ3v) is 4.85. The number of rotatable bonds is 4. The van der Waals surface area contributed by atoms with Crippen LogP contribution in [-0.2, 0) is 10.0 Å². The van der Waals surface area contributed by atoms with Gasteiger partial charge in [0, 0.05) is 12.4 Å². The maximum Gasteiger partial charge on any atom is 0.363 e. The molecule has 2 N–H and O–H groups in total. The van der Waals surface area contributed by atoms with Crippen LogP contribution in [0.2, 0.25) is 0 Å². The van der Waals surface area contributed by atoms with E-state index in [0.717, 1.165) is 6.07 Å². The average molecular weight is 366 g/mol. The zero-order chi connectivity index (χ0) is 18.2. The second-order valence-electron chi connectivity index (χ2n) is 5.07. The van der Waals surface area contributed by atoms with Crippen LogP contribution in [0.25, 0.3) is 11.0 Å². The Morgan fingerprint density at radius 1 is 1.04 bits per heavy atom. The highest BCUT2D eigenvalue weighted by Gasteiger charge is 2.24. The van der Waals surface area contributed by atoms with E-state index < -0.39 is 37.9 Å². The van der Waals surface area contributed by atoms with Crippen molar-refractivity contribution in [3.63, 3.8) is 0 Å². The van der Waals surface area contributed by atoms with Gasteiger partial charge in [-0.25, -0.2) is 22.0 Å². The second kappa shape index (κ2) is 6.17. The van der Waals surface area contributed by atoms with Gasteiger partial charge in [-0.15, -0.1) is 0 Å². The molecule has 1 heterocycles. The maximum atomic E-state index is 13.8. The van der Waals surface area contributed by atoms with Crippen LogP contribution in [0.3, 0.4) is 0 Å². The molecule has 0 spiro atoms. The molecule has 0 radical (unpaired) electrons. The molecule has 0 fully saturated rings. The highest BCUT2D eigenvalue weighted by Crippen LogP contribution is 2.30. The van der Waals surface area contributed by atoms with Crippen LogP contribution in [0.5, 0.6) is 0 Å². The Balaban J connectivity index is 2.19. The second-order valence-corrected chi connectivity index (χ2v) is 6.72. The summed E-state index contributed by atoms with van der Waals surface area (Å²) in [7, 11) is -3.07. The fraction of sp³-hybridized carbons (Fsp3) is 0.0625. The lowest BCUT2D eigenvalue weighted by Gasteiger charge is -2.13. The Bertz CT molecular complexity index is 1130. The number of fused-ring (bicyclic) bond motifs is 1. The largest absolute Gasteiger partial charge is 0.421 e. The van der Waals surface area contributed by atoms with Crippen molar-refractivity contribution < 1.29 is 21.6 Å².